The van der Waals surface area contributed by atoms with Gasteiger partial charge in [-0.2, -0.15) is 0 Å². The van der Waals surface area contributed by atoms with Gasteiger partial charge in [0, 0.05) is 25.2 Å². The van der Waals surface area contributed by atoms with E-state index in [-0.39, 0.29) is 5.82 Å². The van der Waals surface area contributed by atoms with Crippen LogP contribution in [0.1, 0.15) is 36.8 Å². The number of aryl methyl sites for hydroxylation is 1. The Morgan fingerprint density at radius 2 is 1.79 bits per heavy atom. The molecule has 1 aromatic rings. The molecule has 2 fully saturated rings. The van der Waals surface area contributed by atoms with E-state index < -0.39 is 0 Å². The minimum absolute atomic E-state index is 0.0681. The van der Waals surface area contributed by atoms with Crippen molar-refractivity contribution in [2.75, 3.05) is 18.0 Å². The van der Waals surface area contributed by atoms with Gasteiger partial charge < -0.3 is 10.2 Å². The van der Waals surface area contributed by atoms with Crippen LogP contribution >= 0.6 is 0 Å². The van der Waals surface area contributed by atoms with Gasteiger partial charge in [-0.15, -0.1) is 0 Å². The number of rotatable bonds is 1. The Morgan fingerprint density at radius 1 is 1.05 bits per heavy atom. The molecule has 2 saturated heterocycles. The predicted octanol–water partition coefficient (Wildman–Crippen LogP) is 2.65. The highest BCUT2D eigenvalue weighted by Crippen LogP contribution is 2.32. The van der Waals surface area contributed by atoms with Gasteiger partial charge in [0.15, 0.2) is 0 Å². The Morgan fingerprint density at radius 3 is 2.58 bits per heavy atom. The second kappa shape index (κ2) is 4.48. The fraction of sp³-hybridized carbons (Fsp3) is 0.625. The van der Waals surface area contributed by atoms with Crippen LogP contribution in [0.3, 0.4) is 0 Å². The van der Waals surface area contributed by atoms with Gasteiger partial charge in [0.05, 0.1) is 5.69 Å². The molecule has 3 heteroatoms. The van der Waals surface area contributed by atoms with Gasteiger partial charge >= 0.3 is 0 Å². The highest BCUT2D eigenvalue weighted by Gasteiger charge is 2.33. The Labute approximate surface area is 114 Å². The number of nitrogens with zero attached hydrogens (tertiary/aromatic N) is 1. The third kappa shape index (κ3) is 1.95. The van der Waals surface area contributed by atoms with E-state index in [9.17, 15) is 4.39 Å². The number of nitrogens with one attached hydrogen (secondary N) is 1. The largest absolute Gasteiger partial charge is 0.366 e. The molecule has 102 valence electrons. The molecular formula is C16H21FN2. The molecule has 0 spiro atoms. The molecule has 2 unspecified atom stereocenters. The van der Waals surface area contributed by atoms with E-state index >= 15 is 0 Å². The SMILES string of the molecule is Fc1c(N2CC3CCC(C2)N3)ccc2c1CCCC2. The van der Waals surface area contributed by atoms with Gasteiger partial charge in [0.2, 0.25) is 0 Å². The average molecular weight is 260 g/mol. The molecule has 19 heavy (non-hydrogen) atoms. The zero-order valence-corrected chi connectivity index (χ0v) is 11.3. The zero-order chi connectivity index (χ0) is 12.8. The fourth-order valence-corrected chi connectivity index (χ4v) is 4.01. The van der Waals surface area contributed by atoms with Crippen molar-refractivity contribution in [2.24, 2.45) is 0 Å². The van der Waals surface area contributed by atoms with Crippen molar-refractivity contribution in [3.8, 4) is 0 Å². The number of benzene rings is 1. The lowest BCUT2D eigenvalue weighted by Crippen LogP contribution is -2.51. The van der Waals surface area contributed by atoms with Crippen molar-refractivity contribution in [1.29, 1.82) is 0 Å². The van der Waals surface area contributed by atoms with E-state index in [1.54, 1.807) is 0 Å². The number of anilines is 1. The average Bonchev–Trinajstić information content (AvgIpc) is 2.78. The van der Waals surface area contributed by atoms with Crippen molar-refractivity contribution < 1.29 is 4.39 Å². The molecule has 0 amide bonds. The molecule has 0 saturated carbocycles. The summed E-state index contributed by atoms with van der Waals surface area (Å²) in [5, 5.41) is 3.61. The first-order chi connectivity index (χ1) is 9.31. The van der Waals surface area contributed by atoms with Crippen LogP contribution in [0.5, 0.6) is 0 Å². The molecule has 2 heterocycles. The lowest BCUT2D eigenvalue weighted by atomic mass is 9.90. The first kappa shape index (κ1) is 11.7. The quantitative estimate of drug-likeness (QED) is 0.835. The molecule has 2 nitrogen and oxygen atoms in total. The monoisotopic (exact) mass is 260 g/mol. The highest BCUT2D eigenvalue weighted by atomic mass is 19.1. The third-order valence-electron chi connectivity index (χ3n) is 5.00. The Hall–Kier alpha value is -1.09. The predicted molar refractivity (Wildman–Crippen MR) is 75.2 cm³/mol. The highest BCUT2D eigenvalue weighted by molar-refractivity contribution is 5.54. The molecule has 1 N–H and O–H groups in total. The van der Waals surface area contributed by atoms with Gasteiger partial charge in [-0.25, -0.2) is 4.39 Å². The zero-order valence-electron chi connectivity index (χ0n) is 11.3. The van der Waals surface area contributed by atoms with Gasteiger partial charge in [0.1, 0.15) is 5.82 Å². The second-order valence-electron chi connectivity index (χ2n) is 6.29. The molecule has 1 aliphatic carbocycles. The van der Waals surface area contributed by atoms with Crippen LogP contribution < -0.4 is 10.2 Å². The molecule has 2 aliphatic heterocycles. The van der Waals surface area contributed by atoms with E-state index in [4.69, 9.17) is 0 Å². The first-order valence-electron chi connectivity index (χ1n) is 7.62. The van der Waals surface area contributed by atoms with Crippen LogP contribution in [0.25, 0.3) is 0 Å². The summed E-state index contributed by atoms with van der Waals surface area (Å²) in [6.45, 7) is 1.93. The number of hydrogen-bond acceptors (Lipinski definition) is 2. The van der Waals surface area contributed by atoms with Crippen molar-refractivity contribution in [3.05, 3.63) is 29.1 Å². The number of halogens is 1. The van der Waals surface area contributed by atoms with Gasteiger partial charge in [-0.3, -0.25) is 0 Å². The maximum absolute atomic E-state index is 14.8. The summed E-state index contributed by atoms with van der Waals surface area (Å²) in [4.78, 5) is 2.27. The lowest BCUT2D eigenvalue weighted by molar-refractivity contribution is 0.459. The first-order valence-corrected chi connectivity index (χ1v) is 7.62. The van der Waals surface area contributed by atoms with E-state index in [0.29, 0.717) is 12.1 Å². The van der Waals surface area contributed by atoms with E-state index in [0.717, 1.165) is 43.6 Å². The van der Waals surface area contributed by atoms with E-state index in [1.165, 1.54) is 24.8 Å². The minimum atomic E-state index is 0.0681. The molecule has 2 bridgehead atoms. The van der Waals surface area contributed by atoms with Gasteiger partial charge in [-0.1, -0.05) is 6.07 Å². The maximum Gasteiger partial charge on any atom is 0.149 e. The summed E-state index contributed by atoms with van der Waals surface area (Å²) in [5.41, 5.74) is 3.08. The van der Waals surface area contributed by atoms with Crippen LogP contribution in [0.2, 0.25) is 0 Å². The number of hydrogen-bond donors (Lipinski definition) is 1. The summed E-state index contributed by atoms with van der Waals surface area (Å²) < 4.78 is 14.8. The van der Waals surface area contributed by atoms with Crippen molar-refractivity contribution in [1.82, 2.24) is 5.32 Å². The second-order valence-corrected chi connectivity index (χ2v) is 6.29. The topological polar surface area (TPSA) is 15.3 Å². The third-order valence-corrected chi connectivity index (χ3v) is 5.00. The minimum Gasteiger partial charge on any atom is -0.366 e. The standard InChI is InChI=1S/C16H21FN2/c17-16-14-4-2-1-3-11(14)5-8-15(16)19-9-12-6-7-13(10-19)18-12/h5,8,12-13,18H,1-4,6-7,9-10H2. The molecule has 1 aromatic carbocycles. The van der Waals surface area contributed by atoms with Crippen molar-refractivity contribution in [2.45, 2.75) is 50.6 Å². The normalized spacial score (nSPS) is 29.4. The fourth-order valence-electron chi connectivity index (χ4n) is 4.01. The molecule has 4 rings (SSSR count). The number of piperazine rings is 1. The van der Waals surface area contributed by atoms with Crippen LogP contribution in [-0.4, -0.2) is 25.2 Å². The summed E-state index contributed by atoms with van der Waals surface area (Å²) >= 11 is 0. The maximum atomic E-state index is 14.8. The van der Waals surface area contributed by atoms with Crippen molar-refractivity contribution in [3.63, 3.8) is 0 Å². The summed E-state index contributed by atoms with van der Waals surface area (Å²) in [5.74, 6) is 0.0681. The lowest BCUT2D eigenvalue weighted by Gasteiger charge is -2.35. The Balaban J connectivity index is 1.68. The van der Waals surface area contributed by atoms with E-state index in [2.05, 4.69) is 16.3 Å². The number of fused-ring (bicyclic) bond motifs is 3. The van der Waals surface area contributed by atoms with Crippen LogP contribution in [0.15, 0.2) is 12.1 Å². The Bertz CT molecular complexity index is 488. The van der Waals surface area contributed by atoms with Crippen molar-refractivity contribution >= 4 is 5.69 Å². The van der Waals surface area contributed by atoms with Gasteiger partial charge in [-0.05, 0) is 55.7 Å². The van der Waals surface area contributed by atoms with Gasteiger partial charge in [0.25, 0.3) is 0 Å². The summed E-state index contributed by atoms with van der Waals surface area (Å²) in [6, 6.07) is 5.31. The van der Waals surface area contributed by atoms with E-state index in [1.807, 2.05) is 6.07 Å². The van der Waals surface area contributed by atoms with Crippen LogP contribution in [0.4, 0.5) is 10.1 Å². The smallest absolute Gasteiger partial charge is 0.149 e. The molecular weight excluding hydrogens is 239 g/mol. The molecule has 2 atom stereocenters. The molecule has 3 aliphatic rings. The van der Waals surface area contributed by atoms with Crippen LogP contribution in [-0.2, 0) is 12.8 Å². The molecule has 0 aromatic heterocycles. The summed E-state index contributed by atoms with van der Waals surface area (Å²) in [7, 11) is 0. The molecule has 0 radical (unpaired) electrons. The van der Waals surface area contributed by atoms with Crippen LogP contribution in [0, 0.1) is 5.82 Å². The summed E-state index contributed by atoms with van der Waals surface area (Å²) in [6.07, 6.45) is 6.82. The Kier molecular flexibility index (Phi) is 2.76.